The molecule has 5 heteroatoms. The van der Waals surface area contributed by atoms with Gasteiger partial charge in [-0.15, -0.1) is 0 Å². The molecule has 1 aromatic carbocycles. The van der Waals surface area contributed by atoms with Crippen LogP contribution in [-0.2, 0) is 21.3 Å². The number of likely N-dealkylation sites (tertiary alicyclic amines) is 1. The van der Waals surface area contributed by atoms with Crippen molar-refractivity contribution in [3.8, 4) is 0 Å². The van der Waals surface area contributed by atoms with Crippen molar-refractivity contribution in [2.45, 2.75) is 31.4 Å². The van der Waals surface area contributed by atoms with Crippen LogP contribution in [0.25, 0.3) is 0 Å². The highest BCUT2D eigenvalue weighted by Crippen LogP contribution is 2.18. The number of benzene rings is 1. The van der Waals surface area contributed by atoms with Crippen LogP contribution in [0.5, 0.6) is 0 Å². The molecule has 1 amide bonds. The number of amides is 1. The lowest BCUT2D eigenvalue weighted by atomic mass is 10.0. The van der Waals surface area contributed by atoms with E-state index in [2.05, 4.69) is 0 Å². The molecule has 126 valence electrons. The van der Waals surface area contributed by atoms with Gasteiger partial charge in [0.05, 0.1) is 0 Å². The number of carbonyl (C=O) groups excluding carboxylic acids is 1. The van der Waals surface area contributed by atoms with Crippen LogP contribution in [0.1, 0.15) is 41.6 Å². The van der Waals surface area contributed by atoms with Gasteiger partial charge in [0.2, 0.25) is 0 Å². The molecule has 0 aliphatic carbocycles. The Morgan fingerprint density at radius 1 is 1.13 bits per heavy atom. The molecule has 4 nitrogen and oxygen atoms in total. The van der Waals surface area contributed by atoms with Crippen molar-refractivity contribution in [2.75, 3.05) is 32.1 Å². The van der Waals surface area contributed by atoms with E-state index in [-0.39, 0.29) is 5.91 Å². The maximum absolute atomic E-state index is 12.3. The van der Waals surface area contributed by atoms with Crippen molar-refractivity contribution in [1.29, 1.82) is 0 Å². The topological polar surface area (TPSA) is 46.6 Å². The summed E-state index contributed by atoms with van der Waals surface area (Å²) >= 11 is 0. The fraction of sp³-hybridized carbons (Fsp3) is 0.611. The third-order valence-electron chi connectivity index (χ3n) is 4.68. The molecule has 2 heterocycles. The monoisotopic (exact) mass is 335 g/mol. The van der Waals surface area contributed by atoms with Gasteiger partial charge in [0, 0.05) is 54.2 Å². The van der Waals surface area contributed by atoms with Gasteiger partial charge in [0.15, 0.2) is 0 Å². The third-order valence-corrected chi connectivity index (χ3v) is 6.18. The van der Waals surface area contributed by atoms with Crippen LogP contribution >= 0.6 is 0 Å². The molecular formula is C18H25NO3S. The van der Waals surface area contributed by atoms with Crippen LogP contribution in [0.2, 0.25) is 0 Å². The Morgan fingerprint density at radius 2 is 1.78 bits per heavy atom. The average molecular weight is 335 g/mol. The van der Waals surface area contributed by atoms with E-state index in [1.165, 1.54) is 0 Å². The summed E-state index contributed by atoms with van der Waals surface area (Å²) in [5.41, 5.74) is 1.79. The molecule has 0 spiro atoms. The second-order valence-electron chi connectivity index (χ2n) is 6.50. The summed E-state index contributed by atoms with van der Waals surface area (Å²) in [5.74, 6) is 1.99. The molecule has 2 fully saturated rings. The average Bonchev–Trinajstić information content (AvgIpc) is 3.10. The molecule has 0 saturated carbocycles. The molecule has 0 bridgehead atoms. The summed E-state index contributed by atoms with van der Waals surface area (Å²) < 4.78 is 17.6. The van der Waals surface area contributed by atoms with Gasteiger partial charge in [0.25, 0.3) is 5.91 Å². The van der Waals surface area contributed by atoms with Crippen molar-refractivity contribution in [2.24, 2.45) is 5.92 Å². The van der Waals surface area contributed by atoms with Gasteiger partial charge in [-0.25, -0.2) is 0 Å². The molecule has 2 saturated heterocycles. The smallest absolute Gasteiger partial charge is 0.253 e. The molecule has 0 aromatic heterocycles. The molecule has 0 unspecified atom stereocenters. The van der Waals surface area contributed by atoms with E-state index < -0.39 is 10.8 Å². The predicted octanol–water partition coefficient (Wildman–Crippen LogP) is 2.60. The largest absolute Gasteiger partial charge is 0.381 e. The number of hydrogen-bond donors (Lipinski definition) is 0. The summed E-state index contributed by atoms with van der Waals surface area (Å²) in [7, 11) is -0.839. The highest BCUT2D eigenvalue weighted by atomic mass is 32.2. The van der Waals surface area contributed by atoms with Gasteiger partial charge in [-0.1, -0.05) is 12.1 Å². The first-order valence-electron chi connectivity index (χ1n) is 8.53. The van der Waals surface area contributed by atoms with E-state index in [4.69, 9.17) is 4.74 Å². The van der Waals surface area contributed by atoms with Crippen molar-refractivity contribution < 1.29 is 13.7 Å². The number of carbonyl (C=O) groups is 1. The van der Waals surface area contributed by atoms with Crippen molar-refractivity contribution in [1.82, 2.24) is 4.90 Å². The van der Waals surface area contributed by atoms with E-state index in [1.807, 2.05) is 29.2 Å². The first-order chi connectivity index (χ1) is 11.2. The van der Waals surface area contributed by atoms with Crippen molar-refractivity contribution in [3.63, 3.8) is 0 Å². The Labute approximate surface area is 140 Å². The summed E-state index contributed by atoms with van der Waals surface area (Å²) in [6.45, 7) is 3.34. The Kier molecular flexibility index (Phi) is 5.84. The summed E-state index contributed by atoms with van der Waals surface area (Å²) in [6.07, 6.45) is 4.26. The predicted molar refractivity (Wildman–Crippen MR) is 91.8 cm³/mol. The summed E-state index contributed by atoms with van der Waals surface area (Å²) in [5, 5.41) is 0. The Hall–Kier alpha value is -1.20. The second-order valence-corrected chi connectivity index (χ2v) is 8.00. The molecule has 2 aliphatic rings. The first-order valence-corrected chi connectivity index (χ1v) is 10.0. The fourth-order valence-corrected chi connectivity index (χ4v) is 4.81. The quantitative estimate of drug-likeness (QED) is 0.831. The van der Waals surface area contributed by atoms with Gasteiger partial charge in [-0.05, 0) is 49.3 Å². The lowest BCUT2D eigenvalue weighted by Crippen LogP contribution is -2.27. The Bertz CT molecular complexity index is 546. The van der Waals surface area contributed by atoms with Gasteiger partial charge in [-0.2, -0.15) is 0 Å². The molecule has 1 aromatic rings. The fourth-order valence-electron chi connectivity index (χ4n) is 3.27. The van der Waals surface area contributed by atoms with Crippen LogP contribution in [0.4, 0.5) is 0 Å². The number of rotatable bonds is 5. The SMILES string of the molecule is O=C(c1ccc(C[S@@](=O)CC2CCOCC2)cc1)N1CCCC1. The van der Waals surface area contributed by atoms with Gasteiger partial charge in [0.1, 0.15) is 0 Å². The number of hydrogen-bond acceptors (Lipinski definition) is 3. The number of ether oxygens (including phenoxy) is 1. The zero-order chi connectivity index (χ0) is 16.1. The lowest BCUT2D eigenvalue weighted by molar-refractivity contribution is 0.0725. The molecule has 0 radical (unpaired) electrons. The second kappa shape index (κ2) is 8.06. The van der Waals surface area contributed by atoms with Crippen LogP contribution in [0.3, 0.4) is 0 Å². The van der Waals surface area contributed by atoms with Gasteiger partial charge >= 0.3 is 0 Å². The van der Waals surface area contributed by atoms with Crippen LogP contribution in [-0.4, -0.2) is 47.1 Å². The molecule has 3 rings (SSSR count). The zero-order valence-electron chi connectivity index (χ0n) is 13.5. The van der Waals surface area contributed by atoms with E-state index in [1.54, 1.807) is 0 Å². The highest BCUT2D eigenvalue weighted by molar-refractivity contribution is 7.84. The number of nitrogens with zero attached hydrogens (tertiary/aromatic N) is 1. The zero-order valence-corrected chi connectivity index (χ0v) is 14.4. The summed E-state index contributed by atoms with van der Waals surface area (Å²) in [4.78, 5) is 14.2. The van der Waals surface area contributed by atoms with Crippen molar-refractivity contribution in [3.05, 3.63) is 35.4 Å². The van der Waals surface area contributed by atoms with E-state index in [0.717, 1.165) is 68.9 Å². The van der Waals surface area contributed by atoms with Crippen molar-refractivity contribution >= 4 is 16.7 Å². The maximum atomic E-state index is 12.3. The highest BCUT2D eigenvalue weighted by Gasteiger charge is 2.20. The van der Waals surface area contributed by atoms with Gasteiger partial charge < -0.3 is 9.64 Å². The van der Waals surface area contributed by atoms with Gasteiger partial charge in [-0.3, -0.25) is 9.00 Å². The standard InChI is InChI=1S/C18H25NO3S/c20-18(19-9-1-2-10-19)17-5-3-15(4-6-17)13-23(21)14-16-7-11-22-12-8-16/h3-6,16H,1-2,7-14H2/t23-/m1/s1. The van der Waals surface area contributed by atoms with E-state index in [0.29, 0.717) is 11.7 Å². The minimum Gasteiger partial charge on any atom is -0.381 e. The molecule has 0 N–H and O–H groups in total. The molecule has 23 heavy (non-hydrogen) atoms. The Morgan fingerprint density at radius 3 is 2.43 bits per heavy atom. The maximum Gasteiger partial charge on any atom is 0.253 e. The molecule has 1 atom stereocenters. The summed E-state index contributed by atoms with van der Waals surface area (Å²) in [6, 6.07) is 7.65. The van der Waals surface area contributed by atoms with E-state index in [9.17, 15) is 9.00 Å². The minimum absolute atomic E-state index is 0.123. The van der Waals surface area contributed by atoms with Crippen LogP contribution in [0.15, 0.2) is 24.3 Å². The minimum atomic E-state index is -0.839. The molecule has 2 aliphatic heterocycles. The third kappa shape index (κ3) is 4.64. The lowest BCUT2D eigenvalue weighted by Gasteiger charge is -2.21. The van der Waals surface area contributed by atoms with Crippen LogP contribution < -0.4 is 0 Å². The van der Waals surface area contributed by atoms with Crippen LogP contribution in [0, 0.1) is 5.92 Å². The van der Waals surface area contributed by atoms with E-state index >= 15 is 0 Å². The Balaban J connectivity index is 1.52. The normalized spacial score (nSPS) is 20.6. The first kappa shape index (κ1) is 16.7. The molecular weight excluding hydrogens is 310 g/mol.